The van der Waals surface area contributed by atoms with Crippen molar-refractivity contribution in [2.24, 2.45) is 9.98 Å². The second kappa shape index (κ2) is 4.38. The molecule has 2 N–H and O–H groups in total. The van der Waals surface area contributed by atoms with Crippen LogP contribution in [0.1, 0.15) is 25.4 Å². The van der Waals surface area contributed by atoms with Crippen LogP contribution in [0, 0.1) is 6.92 Å². The van der Waals surface area contributed by atoms with E-state index in [2.05, 4.69) is 20.6 Å². The Morgan fingerprint density at radius 3 is 2.81 bits per heavy atom. The van der Waals surface area contributed by atoms with Gasteiger partial charge < -0.3 is 15.1 Å². The number of hydrogen-bond acceptors (Lipinski definition) is 5. The first-order valence-corrected chi connectivity index (χ1v) is 5.32. The maximum Gasteiger partial charge on any atom is 0.199 e. The lowest BCUT2D eigenvalue weighted by atomic mass is 10.4. The number of guanidine groups is 1. The Bertz CT molecular complexity index is 433. The average molecular weight is 220 g/mol. The predicted octanol–water partition coefficient (Wildman–Crippen LogP) is 1.40. The van der Waals surface area contributed by atoms with Crippen molar-refractivity contribution >= 4 is 11.8 Å². The summed E-state index contributed by atoms with van der Waals surface area (Å²) in [7, 11) is 0. The van der Waals surface area contributed by atoms with Gasteiger partial charge in [-0.3, -0.25) is 0 Å². The number of hydrogen-bond donors (Lipinski definition) is 2. The molecule has 1 aromatic heterocycles. The molecule has 5 nitrogen and oxygen atoms in total. The minimum absolute atomic E-state index is 0.0258. The molecule has 0 saturated carbocycles. The fourth-order valence-corrected chi connectivity index (χ4v) is 1.57. The Hall–Kier alpha value is -1.78. The Labute approximate surface area is 94.7 Å². The summed E-state index contributed by atoms with van der Waals surface area (Å²) in [4.78, 5) is 8.57. The van der Waals surface area contributed by atoms with Gasteiger partial charge in [0.1, 0.15) is 23.5 Å². The summed E-state index contributed by atoms with van der Waals surface area (Å²) in [5.41, 5.74) is 0. The zero-order valence-electron chi connectivity index (χ0n) is 9.74. The third-order valence-electron chi connectivity index (χ3n) is 2.22. The third kappa shape index (κ3) is 2.62. The van der Waals surface area contributed by atoms with Crippen LogP contribution in [0.15, 0.2) is 26.5 Å². The highest BCUT2D eigenvalue weighted by Gasteiger charge is 2.09. The first-order valence-electron chi connectivity index (χ1n) is 5.32. The van der Waals surface area contributed by atoms with Gasteiger partial charge in [0.2, 0.25) is 0 Å². The molecule has 0 aliphatic carbocycles. The zero-order chi connectivity index (χ0) is 11.5. The molecular weight excluding hydrogens is 204 g/mol. The average Bonchev–Trinajstić information content (AvgIpc) is 2.60. The van der Waals surface area contributed by atoms with Crippen LogP contribution in [0.2, 0.25) is 0 Å². The van der Waals surface area contributed by atoms with Gasteiger partial charge in [-0.1, -0.05) is 0 Å². The number of aliphatic imine (C=N–C) groups is 2. The summed E-state index contributed by atoms with van der Waals surface area (Å²) < 4.78 is 5.45. The molecular formula is C11H16N4O. The van der Waals surface area contributed by atoms with Gasteiger partial charge in [0, 0.05) is 0 Å². The maximum atomic E-state index is 5.45. The molecule has 2 rings (SSSR count). The number of nitrogens with one attached hydrogen (secondary N) is 2. The van der Waals surface area contributed by atoms with Crippen molar-refractivity contribution in [1.29, 1.82) is 0 Å². The molecule has 0 spiro atoms. The largest absolute Gasteiger partial charge is 0.465 e. The molecule has 16 heavy (non-hydrogen) atoms. The fourth-order valence-electron chi connectivity index (χ4n) is 1.57. The second-order valence-corrected chi connectivity index (χ2v) is 3.81. The van der Waals surface area contributed by atoms with Crippen LogP contribution in [0.5, 0.6) is 0 Å². The van der Waals surface area contributed by atoms with Crippen molar-refractivity contribution in [2.75, 3.05) is 0 Å². The lowest BCUT2D eigenvalue weighted by Gasteiger charge is -2.17. The Morgan fingerprint density at radius 1 is 1.38 bits per heavy atom. The minimum Gasteiger partial charge on any atom is -0.465 e. The van der Waals surface area contributed by atoms with Gasteiger partial charge in [-0.05, 0) is 32.9 Å². The van der Waals surface area contributed by atoms with Gasteiger partial charge >= 0.3 is 0 Å². The maximum absolute atomic E-state index is 5.45. The van der Waals surface area contributed by atoms with Crippen LogP contribution < -0.4 is 10.6 Å². The van der Waals surface area contributed by atoms with E-state index in [-0.39, 0.29) is 6.17 Å². The van der Waals surface area contributed by atoms with Crippen molar-refractivity contribution in [1.82, 2.24) is 10.6 Å². The lowest BCUT2D eigenvalue weighted by molar-refractivity contribution is 0.476. The molecule has 0 bridgehead atoms. The summed E-state index contributed by atoms with van der Waals surface area (Å²) in [6.07, 6.45) is -0.0258. The van der Waals surface area contributed by atoms with Gasteiger partial charge in [-0.25, -0.2) is 9.98 Å². The molecule has 0 radical (unpaired) electrons. The topological polar surface area (TPSA) is 61.9 Å². The Morgan fingerprint density at radius 2 is 2.19 bits per heavy atom. The first-order chi connectivity index (χ1) is 7.63. The number of nitrogens with zero attached hydrogens (tertiary/aromatic N) is 2. The number of rotatable bonds is 2. The zero-order valence-corrected chi connectivity index (χ0v) is 9.74. The summed E-state index contributed by atoms with van der Waals surface area (Å²) in [6, 6.07) is 3.90. The standard InChI is InChI=1S/C11H16N4O/c1-7-4-5-10(16-7)6-12-11-14-8(2)13-9(3)15-11/h4-5,8H,6H2,1-3H3,(H2,12,13,14,15). The number of amidine groups is 1. The SMILES string of the molecule is CC1=NC(C)N=C(NCc2ccc(C)o2)N1. The van der Waals surface area contributed by atoms with E-state index in [1.807, 2.05) is 32.9 Å². The molecule has 1 aliphatic heterocycles. The van der Waals surface area contributed by atoms with Crippen LogP contribution >= 0.6 is 0 Å². The van der Waals surface area contributed by atoms with E-state index in [0.29, 0.717) is 6.54 Å². The molecule has 0 saturated heterocycles. The molecule has 0 fully saturated rings. The molecule has 1 aromatic rings. The van der Waals surface area contributed by atoms with Crippen LogP contribution in [-0.2, 0) is 6.54 Å². The molecule has 0 amide bonds. The summed E-state index contributed by atoms with van der Waals surface area (Å²) in [5.74, 6) is 3.44. The van der Waals surface area contributed by atoms with Gasteiger partial charge in [-0.15, -0.1) is 0 Å². The number of furan rings is 1. The highest BCUT2D eigenvalue weighted by molar-refractivity contribution is 5.99. The summed E-state index contributed by atoms with van der Waals surface area (Å²) >= 11 is 0. The van der Waals surface area contributed by atoms with E-state index in [9.17, 15) is 0 Å². The Kier molecular flexibility index (Phi) is 2.94. The highest BCUT2D eigenvalue weighted by Crippen LogP contribution is 2.05. The van der Waals surface area contributed by atoms with Crippen LogP contribution in [-0.4, -0.2) is 18.0 Å². The van der Waals surface area contributed by atoms with Crippen LogP contribution in [0.4, 0.5) is 0 Å². The first kappa shape index (κ1) is 10.7. The molecule has 1 unspecified atom stereocenters. The quantitative estimate of drug-likeness (QED) is 0.792. The van der Waals surface area contributed by atoms with E-state index in [1.165, 1.54) is 0 Å². The minimum atomic E-state index is -0.0258. The normalized spacial score (nSPS) is 19.8. The predicted molar refractivity (Wildman–Crippen MR) is 63.4 cm³/mol. The van der Waals surface area contributed by atoms with E-state index >= 15 is 0 Å². The van der Waals surface area contributed by atoms with Gasteiger partial charge in [-0.2, -0.15) is 0 Å². The van der Waals surface area contributed by atoms with E-state index in [4.69, 9.17) is 4.42 Å². The molecule has 0 aromatic carbocycles. The van der Waals surface area contributed by atoms with E-state index in [1.54, 1.807) is 0 Å². The smallest absolute Gasteiger partial charge is 0.199 e. The van der Waals surface area contributed by atoms with E-state index in [0.717, 1.165) is 23.3 Å². The van der Waals surface area contributed by atoms with Gasteiger partial charge in [0.05, 0.1) is 6.54 Å². The Balaban J connectivity index is 1.91. The van der Waals surface area contributed by atoms with Gasteiger partial charge in [0.25, 0.3) is 0 Å². The third-order valence-corrected chi connectivity index (χ3v) is 2.22. The highest BCUT2D eigenvalue weighted by atomic mass is 16.3. The number of aryl methyl sites for hydroxylation is 1. The summed E-state index contributed by atoms with van der Waals surface area (Å²) in [5, 5.41) is 6.25. The molecule has 5 heteroatoms. The van der Waals surface area contributed by atoms with Crippen molar-refractivity contribution < 1.29 is 4.42 Å². The van der Waals surface area contributed by atoms with Crippen LogP contribution in [0.25, 0.3) is 0 Å². The van der Waals surface area contributed by atoms with Crippen LogP contribution in [0.3, 0.4) is 0 Å². The van der Waals surface area contributed by atoms with Gasteiger partial charge in [0.15, 0.2) is 5.96 Å². The van der Waals surface area contributed by atoms with Crippen molar-refractivity contribution in [3.8, 4) is 0 Å². The van der Waals surface area contributed by atoms with Crippen molar-refractivity contribution in [3.05, 3.63) is 23.7 Å². The molecule has 1 aliphatic rings. The van der Waals surface area contributed by atoms with E-state index < -0.39 is 0 Å². The summed E-state index contributed by atoms with van der Waals surface area (Å²) in [6.45, 7) is 6.42. The fraction of sp³-hybridized carbons (Fsp3) is 0.455. The molecule has 2 heterocycles. The lowest BCUT2D eigenvalue weighted by Crippen LogP contribution is -2.43. The molecule has 1 atom stereocenters. The monoisotopic (exact) mass is 220 g/mol. The second-order valence-electron chi connectivity index (χ2n) is 3.81. The van der Waals surface area contributed by atoms with Crippen molar-refractivity contribution in [2.45, 2.75) is 33.5 Å². The molecule has 86 valence electrons. The van der Waals surface area contributed by atoms with Crippen molar-refractivity contribution in [3.63, 3.8) is 0 Å².